The second-order valence-corrected chi connectivity index (χ2v) is 6.63. The average Bonchev–Trinajstić information content (AvgIpc) is 2.95. The summed E-state index contributed by atoms with van der Waals surface area (Å²) in [6, 6.07) is 2.59. The van der Waals surface area contributed by atoms with E-state index in [9.17, 15) is 9.18 Å². The Labute approximate surface area is 128 Å². The van der Waals surface area contributed by atoms with Crippen molar-refractivity contribution in [2.75, 3.05) is 31.0 Å². The number of ether oxygens (including phenoxy) is 1. The molecule has 0 heterocycles. The average molecular weight is 312 g/mol. The van der Waals surface area contributed by atoms with E-state index in [1.54, 1.807) is 0 Å². The van der Waals surface area contributed by atoms with Crippen molar-refractivity contribution in [1.29, 1.82) is 0 Å². The fourth-order valence-electron chi connectivity index (χ4n) is 2.74. The zero-order chi connectivity index (χ0) is 15.5. The fourth-order valence-corrected chi connectivity index (χ4v) is 3.65. The summed E-state index contributed by atoms with van der Waals surface area (Å²) in [5.74, 6) is -1.01. The van der Waals surface area contributed by atoms with Gasteiger partial charge in [-0.25, -0.2) is 9.18 Å². The molecule has 0 amide bonds. The highest BCUT2D eigenvalue weighted by Gasteiger charge is 2.33. The highest BCUT2D eigenvalue weighted by molar-refractivity contribution is 8.00. The number of hydrogen-bond donors (Lipinski definition) is 2. The number of halogens is 1. The van der Waals surface area contributed by atoms with Gasteiger partial charge in [0.1, 0.15) is 5.82 Å². The molecule has 4 nitrogen and oxygen atoms in total. The van der Waals surface area contributed by atoms with Gasteiger partial charge in [0.15, 0.2) is 0 Å². The molecule has 3 N–H and O–H groups in total. The number of thioether (sulfide) groups is 1. The number of esters is 1. The Morgan fingerprint density at radius 3 is 2.71 bits per heavy atom. The molecule has 0 saturated heterocycles. The van der Waals surface area contributed by atoms with E-state index in [1.807, 2.05) is 11.8 Å². The van der Waals surface area contributed by atoms with Crippen molar-refractivity contribution >= 4 is 29.1 Å². The Morgan fingerprint density at radius 2 is 2.14 bits per heavy atom. The normalized spacial score (nSPS) is 16.7. The molecule has 0 bridgehead atoms. The van der Waals surface area contributed by atoms with Gasteiger partial charge in [-0.2, -0.15) is 11.8 Å². The molecule has 0 unspecified atom stereocenters. The maximum atomic E-state index is 14.0. The first-order valence-corrected chi connectivity index (χ1v) is 8.20. The van der Waals surface area contributed by atoms with Gasteiger partial charge in [-0.05, 0) is 31.2 Å². The van der Waals surface area contributed by atoms with E-state index in [1.165, 1.54) is 26.0 Å². The number of nitrogens with one attached hydrogen (secondary N) is 1. The van der Waals surface area contributed by atoms with Crippen LogP contribution in [0.3, 0.4) is 0 Å². The van der Waals surface area contributed by atoms with Crippen LogP contribution in [0, 0.1) is 5.82 Å². The monoisotopic (exact) mass is 312 g/mol. The first-order valence-electron chi connectivity index (χ1n) is 6.98. The maximum Gasteiger partial charge on any atom is 0.340 e. The van der Waals surface area contributed by atoms with Gasteiger partial charge >= 0.3 is 5.97 Å². The van der Waals surface area contributed by atoms with Gasteiger partial charge < -0.3 is 15.8 Å². The molecule has 116 valence electrons. The second-order valence-electron chi connectivity index (χ2n) is 5.36. The predicted octanol–water partition coefficient (Wildman–Crippen LogP) is 3.28. The zero-order valence-corrected chi connectivity index (χ0v) is 13.2. The summed E-state index contributed by atoms with van der Waals surface area (Å²) in [7, 11) is 1.28. The minimum absolute atomic E-state index is 0.0883. The van der Waals surface area contributed by atoms with Crippen LogP contribution in [0.1, 0.15) is 36.0 Å². The summed E-state index contributed by atoms with van der Waals surface area (Å²) in [5, 5.41) is 3.13. The molecule has 1 saturated carbocycles. The van der Waals surface area contributed by atoms with Crippen molar-refractivity contribution in [3.63, 3.8) is 0 Å². The smallest absolute Gasteiger partial charge is 0.340 e. The number of carbonyl (C=O) groups is 1. The van der Waals surface area contributed by atoms with E-state index in [0.29, 0.717) is 12.2 Å². The molecule has 1 aromatic carbocycles. The standard InChI is InChI=1S/C15H21FN2O2S/c1-20-14(19)10-7-13(11(16)8-12(10)17)18-9-15(21-2)5-3-4-6-15/h7-8,18H,3-6,9,17H2,1-2H3. The highest BCUT2D eigenvalue weighted by Crippen LogP contribution is 2.40. The second kappa shape index (κ2) is 6.56. The Hall–Kier alpha value is -1.43. The van der Waals surface area contributed by atoms with Gasteiger partial charge in [-0.3, -0.25) is 0 Å². The van der Waals surface area contributed by atoms with Crippen molar-refractivity contribution in [1.82, 2.24) is 0 Å². The zero-order valence-electron chi connectivity index (χ0n) is 12.4. The number of methoxy groups -OCH3 is 1. The number of benzene rings is 1. The third-order valence-corrected chi connectivity index (χ3v) is 5.51. The number of anilines is 2. The van der Waals surface area contributed by atoms with Crippen molar-refractivity contribution in [2.45, 2.75) is 30.4 Å². The summed E-state index contributed by atoms with van der Waals surface area (Å²) in [5.41, 5.74) is 6.24. The first kappa shape index (κ1) is 15.9. The van der Waals surface area contributed by atoms with E-state index in [2.05, 4.69) is 16.3 Å². The lowest BCUT2D eigenvalue weighted by molar-refractivity contribution is 0.0602. The van der Waals surface area contributed by atoms with Crippen molar-refractivity contribution in [2.24, 2.45) is 0 Å². The van der Waals surface area contributed by atoms with Crippen LogP contribution in [-0.4, -0.2) is 30.6 Å². The third-order valence-electron chi connectivity index (χ3n) is 4.09. The summed E-state index contributed by atoms with van der Waals surface area (Å²) in [6.07, 6.45) is 6.76. The van der Waals surface area contributed by atoms with E-state index in [0.717, 1.165) is 18.9 Å². The molecule has 1 aliphatic rings. The molecule has 6 heteroatoms. The Balaban J connectivity index is 2.18. The van der Waals surface area contributed by atoms with Crippen molar-refractivity contribution < 1.29 is 13.9 Å². The van der Waals surface area contributed by atoms with E-state index >= 15 is 0 Å². The quantitative estimate of drug-likeness (QED) is 0.645. The third kappa shape index (κ3) is 3.43. The molecular weight excluding hydrogens is 291 g/mol. The molecule has 0 spiro atoms. The van der Waals surface area contributed by atoms with E-state index in [-0.39, 0.29) is 16.0 Å². The van der Waals surface area contributed by atoms with Gasteiger partial charge in [0.2, 0.25) is 0 Å². The largest absolute Gasteiger partial charge is 0.465 e. The van der Waals surface area contributed by atoms with E-state index in [4.69, 9.17) is 5.73 Å². The molecular formula is C15H21FN2O2S. The van der Waals surface area contributed by atoms with Crippen LogP contribution >= 0.6 is 11.8 Å². The molecule has 1 aromatic rings. The molecule has 2 rings (SSSR count). The number of nitrogen functional groups attached to an aromatic ring is 1. The van der Waals surface area contributed by atoms with Gasteiger partial charge in [0, 0.05) is 17.0 Å². The van der Waals surface area contributed by atoms with Crippen LogP contribution in [0.25, 0.3) is 0 Å². The molecule has 0 atom stereocenters. The minimum Gasteiger partial charge on any atom is -0.465 e. The summed E-state index contributed by atoms with van der Waals surface area (Å²) in [4.78, 5) is 11.6. The lowest BCUT2D eigenvalue weighted by Crippen LogP contribution is -2.30. The Bertz CT molecular complexity index is 531. The van der Waals surface area contributed by atoms with Crippen LogP contribution in [0.5, 0.6) is 0 Å². The van der Waals surface area contributed by atoms with Gasteiger partial charge in [0.05, 0.1) is 18.4 Å². The van der Waals surface area contributed by atoms with Crippen LogP contribution in [0.2, 0.25) is 0 Å². The highest BCUT2D eigenvalue weighted by atomic mass is 32.2. The maximum absolute atomic E-state index is 14.0. The molecule has 1 aliphatic carbocycles. The molecule has 0 aliphatic heterocycles. The molecule has 21 heavy (non-hydrogen) atoms. The minimum atomic E-state index is -0.559. The van der Waals surface area contributed by atoms with Gasteiger partial charge in [0.25, 0.3) is 0 Å². The SMILES string of the molecule is COC(=O)c1cc(NCC2(SC)CCCC2)c(F)cc1N. The Kier molecular flexibility index (Phi) is 4.98. The summed E-state index contributed by atoms with van der Waals surface area (Å²) in [6.45, 7) is 0.676. The number of hydrogen-bond acceptors (Lipinski definition) is 5. The first-order chi connectivity index (χ1) is 10.0. The van der Waals surface area contributed by atoms with Gasteiger partial charge in [-0.1, -0.05) is 12.8 Å². The lowest BCUT2D eigenvalue weighted by atomic mass is 10.1. The topological polar surface area (TPSA) is 64.3 Å². The van der Waals surface area contributed by atoms with Crippen molar-refractivity contribution in [3.05, 3.63) is 23.5 Å². The lowest BCUT2D eigenvalue weighted by Gasteiger charge is -2.27. The number of rotatable bonds is 5. The van der Waals surface area contributed by atoms with Gasteiger partial charge in [-0.15, -0.1) is 0 Å². The molecule has 0 aromatic heterocycles. The number of carbonyl (C=O) groups excluding carboxylic acids is 1. The summed E-state index contributed by atoms with van der Waals surface area (Å²) < 4.78 is 18.8. The van der Waals surface area contributed by atoms with Crippen LogP contribution in [-0.2, 0) is 4.74 Å². The Morgan fingerprint density at radius 1 is 1.48 bits per heavy atom. The van der Waals surface area contributed by atoms with Crippen LogP contribution < -0.4 is 11.1 Å². The fraction of sp³-hybridized carbons (Fsp3) is 0.533. The van der Waals surface area contributed by atoms with Crippen LogP contribution in [0.4, 0.5) is 15.8 Å². The van der Waals surface area contributed by atoms with Crippen molar-refractivity contribution in [3.8, 4) is 0 Å². The van der Waals surface area contributed by atoms with E-state index < -0.39 is 11.8 Å². The predicted molar refractivity (Wildman–Crippen MR) is 85.4 cm³/mol. The number of nitrogens with two attached hydrogens (primary N) is 1. The van der Waals surface area contributed by atoms with Crippen LogP contribution in [0.15, 0.2) is 12.1 Å². The molecule has 0 radical (unpaired) electrons. The summed E-state index contributed by atoms with van der Waals surface area (Å²) >= 11 is 1.82. The molecule has 1 fully saturated rings.